The van der Waals surface area contributed by atoms with Gasteiger partial charge in [0.1, 0.15) is 6.61 Å². The lowest BCUT2D eigenvalue weighted by Crippen LogP contribution is -2.16. The molecule has 0 spiro atoms. The summed E-state index contributed by atoms with van der Waals surface area (Å²) in [5, 5.41) is 18.6. The molecule has 1 aromatic rings. The van der Waals surface area contributed by atoms with Gasteiger partial charge in [0, 0.05) is 6.07 Å². The Hall–Kier alpha value is -1.44. The van der Waals surface area contributed by atoms with Gasteiger partial charge in [0.2, 0.25) is 0 Å². The van der Waals surface area contributed by atoms with Gasteiger partial charge in [-0.1, -0.05) is 18.5 Å². The molecule has 0 heterocycles. The van der Waals surface area contributed by atoms with Gasteiger partial charge in [-0.3, -0.25) is 0 Å². The van der Waals surface area contributed by atoms with E-state index >= 15 is 0 Å². The summed E-state index contributed by atoms with van der Waals surface area (Å²) >= 11 is 6.04. The first-order chi connectivity index (χ1) is 8.62. The maximum Gasteiger partial charge on any atom is 0.179 e. The molecule has 0 aromatic heterocycles. The molecule has 1 rings (SSSR count). The van der Waals surface area contributed by atoms with E-state index in [1.54, 1.807) is 6.07 Å². The molecule has 1 N–H and O–H groups in total. The van der Waals surface area contributed by atoms with Crippen molar-refractivity contribution in [1.82, 2.24) is 0 Å². The van der Waals surface area contributed by atoms with E-state index in [0.717, 1.165) is 0 Å². The summed E-state index contributed by atoms with van der Waals surface area (Å²) in [6.07, 6.45) is 0.0453. The molecule has 0 bridgehead atoms. The Kier molecular flexibility index (Phi) is 5.76. The van der Waals surface area contributed by atoms with Crippen molar-refractivity contribution in [3.63, 3.8) is 0 Å². The van der Waals surface area contributed by atoms with Gasteiger partial charge in [0.15, 0.2) is 11.5 Å². The standard InChI is InChI=1S/C13H16ClNO3/c1-3-10(16)8-18-13-11(14)5-9(7-15)6-12(13)17-4-2/h5-6,10,16H,3-4,8H2,1-2H3/t10-/m0/s1. The highest BCUT2D eigenvalue weighted by Crippen LogP contribution is 2.36. The van der Waals surface area contributed by atoms with E-state index in [2.05, 4.69) is 0 Å². The molecule has 98 valence electrons. The molecule has 0 fully saturated rings. The van der Waals surface area contributed by atoms with Gasteiger partial charge in [-0.05, 0) is 19.4 Å². The number of rotatable bonds is 6. The maximum absolute atomic E-state index is 9.47. The Labute approximate surface area is 112 Å². The highest BCUT2D eigenvalue weighted by Gasteiger charge is 2.14. The van der Waals surface area contributed by atoms with Crippen LogP contribution in [0.4, 0.5) is 0 Å². The van der Waals surface area contributed by atoms with Crippen LogP contribution >= 0.6 is 11.6 Å². The van der Waals surface area contributed by atoms with Gasteiger partial charge in [0.05, 0.1) is 29.4 Å². The van der Waals surface area contributed by atoms with Gasteiger partial charge < -0.3 is 14.6 Å². The number of nitriles is 1. The maximum atomic E-state index is 9.47. The average Bonchev–Trinajstić information content (AvgIpc) is 2.37. The Balaban J connectivity index is 2.97. The first-order valence-electron chi connectivity index (χ1n) is 5.79. The third-order valence-electron chi connectivity index (χ3n) is 2.33. The fourth-order valence-electron chi connectivity index (χ4n) is 1.33. The molecule has 1 aromatic carbocycles. The van der Waals surface area contributed by atoms with Crippen molar-refractivity contribution in [2.24, 2.45) is 0 Å². The Morgan fingerprint density at radius 2 is 2.11 bits per heavy atom. The van der Waals surface area contributed by atoms with E-state index in [-0.39, 0.29) is 6.61 Å². The van der Waals surface area contributed by atoms with Crippen LogP contribution in [0.1, 0.15) is 25.8 Å². The van der Waals surface area contributed by atoms with Gasteiger partial charge >= 0.3 is 0 Å². The number of aliphatic hydroxyl groups excluding tert-OH is 1. The Morgan fingerprint density at radius 3 is 2.67 bits per heavy atom. The molecule has 0 aliphatic rings. The van der Waals surface area contributed by atoms with Crippen molar-refractivity contribution in [1.29, 1.82) is 5.26 Å². The summed E-state index contributed by atoms with van der Waals surface area (Å²) in [6.45, 7) is 4.27. The second-order valence-electron chi connectivity index (χ2n) is 3.70. The first kappa shape index (κ1) is 14.6. The monoisotopic (exact) mass is 269 g/mol. The number of hydrogen-bond acceptors (Lipinski definition) is 4. The summed E-state index contributed by atoms with van der Waals surface area (Å²) in [6, 6.07) is 5.08. The van der Waals surface area contributed by atoms with Crippen molar-refractivity contribution >= 4 is 11.6 Å². The quantitative estimate of drug-likeness (QED) is 0.863. The molecule has 18 heavy (non-hydrogen) atoms. The minimum Gasteiger partial charge on any atom is -0.490 e. The summed E-state index contributed by atoms with van der Waals surface area (Å²) < 4.78 is 10.8. The fraction of sp³-hybridized carbons (Fsp3) is 0.462. The van der Waals surface area contributed by atoms with Crippen LogP contribution in [0.5, 0.6) is 11.5 Å². The SMILES string of the molecule is CCOc1cc(C#N)cc(Cl)c1OC[C@@H](O)CC. The normalized spacial score (nSPS) is 11.7. The highest BCUT2D eigenvalue weighted by atomic mass is 35.5. The van der Waals surface area contributed by atoms with Crippen LogP contribution in [0.3, 0.4) is 0 Å². The third-order valence-corrected chi connectivity index (χ3v) is 2.61. The Morgan fingerprint density at radius 1 is 1.39 bits per heavy atom. The van der Waals surface area contributed by atoms with E-state index in [1.165, 1.54) is 6.07 Å². The van der Waals surface area contributed by atoms with E-state index in [1.807, 2.05) is 19.9 Å². The predicted molar refractivity (Wildman–Crippen MR) is 69.1 cm³/mol. The van der Waals surface area contributed by atoms with Gasteiger partial charge in [-0.15, -0.1) is 0 Å². The van der Waals surface area contributed by atoms with Crippen molar-refractivity contribution in [3.05, 3.63) is 22.7 Å². The molecule has 0 saturated heterocycles. The molecular formula is C13H16ClNO3. The van der Waals surface area contributed by atoms with E-state index in [9.17, 15) is 5.11 Å². The summed E-state index contributed by atoms with van der Waals surface area (Å²) in [5.74, 6) is 0.787. The van der Waals surface area contributed by atoms with E-state index in [4.69, 9.17) is 26.3 Å². The molecule has 0 aliphatic heterocycles. The van der Waals surface area contributed by atoms with Crippen molar-refractivity contribution in [2.75, 3.05) is 13.2 Å². The Bertz CT molecular complexity index is 443. The van der Waals surface area contributed by atoms with Crippen LogP contribution in [0.25, 0.3) is 0 Å². The summed E-state index contributed by atoms with van der Waals surface area (Å²) in [7, 11) is 0. The minimum atomic E-state index is -0.550. The number of benzene rings is 1. The molecular weight excluding hydrogens is 254 g/mol. The summed E-state index contributed by atoms with van der Waals surface area (Å²) in [4.78, 5) is 0. The molecule has 0 aliphatic carbocycles. The lowest BCUT2D eigenvalue weighted by molar-refractivity contribution is 0.102. The second-order valence-corrected chi connectivity index (χ2v) is 4.11. The fourth-order valence-corrected chi connectivity index (χ4v) is 1.60. The number of nitrogens with zero attached hydrogens (tertiary/aromatic N) is 1. The molecule has 5 heteroatoms. The highest BCUT2D eigenvalue weighted by molar-refractivity contribution is 6.32. The average molecular weight is 270 g/mol. The minimum absolute atomic E-state index is 0.141. The number of ether oxygens (including phenoxy) is 2. The second kappa shape index (κ2) is 7.10. The lowest BCUT2D eigenvalue weighted by Gasteiger charge is -2.15. The number of halogens is 1. The number of aliphatic hydroxyl groups is 1. The zero-order valence-corrected chi connectivity index (χ0v) is 11.2. The van der Waals surface area contributed by atoms with Crippen LogP contribution in [0, 0.1) is 11.3 Å². The van der Waals surface area contributed by atoms with E-state index in [0.29, 0.717) is 35.1 Å². The zero-order chi connectivity index (χ0) is 13.5. The van der Waals surface area contributed by atoms with Gasteiger partial charge in [0.25, 0.3) is 0 Å². The molecule has 4 nitrogen and oxygen atoms in total. The predicted octanol–water partition coefficient (Wildman–Crippen LogP) is 2.76. The zero-order valence-electron chi connectivity index (χ0n) is 10.4. The number of hydrogen-bond donors (Lipinski definition) is 1. The van der Waals surface area contributed by atoms with Crippen LogP contribution in [-0.4, -0.2) is 24.4 Å². The lowest BCUT2D eigenvalue weighted by atomic mass is 10.2. The van der Waals surface area contributed by atoms with E-state index < -0.39 is 6.10 Å². The first-order valence-corrected chi connectivity index (χ1v) is 6.17. The largest absolute Gasteiger partial charge is 0.490 e. The van der Waals surface area contributed by atoms with Crippen LogP contribution in [0.15, 0.2) is 12.1 Å². The van der Waals surface area contributed by atoms with Gasteiger partial charge in [-0.25, -0.2) is 0 Å². The third kappa shape index (κ3) is 3.80. The topological polar surface area (TPSA) is 62.5 Å². The van der Waals surface area contributed by atoms with Crippen LogP contribution in [0.2, 0.25) is 5.02 Å². The molecule has 0 radical (unpaired) electrons. The molecule has 1 atom stereocenters. The van der Waals surface area contributed by atoms with Crippen molar-refractivity contribution in [3.8, 4) is 17.6 Å². The molecule has 0 saturated carbocycles. The van der Waals surface area contributed by atoms with Crippen LogP contribution in [-0.2, 0) is 0 Å². The molecule has 0 amide bonds. The molecule has 0 unspecified atom stereocenters. The van der Waals surface area contributed by atoms with Gasteiger partial charge in [-0.2, -0.15) is 5.26 Å². The van der Waals surface area contributed by atoms with Crippen molar-refractivity contribution in [2.45, 2.75) is 26.4 Å². The van der Waals surface area contributed by atoms with Crippen LogP contribution < -0.4 is 9.47 Å². The summed E-state index contributed by atoms with van der Waals surface area (Å²) in [5.41, 5.74) is 0.409. The smallest absolute Gasteiger partial charge is 0.179 e. The van der Waals surface area contributed by atoms with Crippen molar-refractivity contribution < 1.29 is 14.6 Å².